The summed E-state index contributed by atoms with van der Waals surface area (Å²) in [7, 11) is 0. The van der Waals surface area contributed by atoms with Crippen molar-refractivity contribution in [2.24, 2.45) is 11.3 Å². The smallest absolute Gasteiger partial charge is 0.234 e. The third-order valence-electron chi connectivity index (χ3n) is 7.06. The van der Waals surface area contributed by atoms with Crippen molar-refractivity contribution in [1.82, 2.24) is 5.32 Å². The van der Waals surface area contributed by atoms with E-state index < -0.39 is 16.6 Å². The van der Waals surface area contributed by atoms with Crippen LogP contribution in [0.3, 0.4) is 0 Å². The molecule has 3 aliphatic rings. The Labute approximate surface area is 145 Å². The van der Waals surface area contributed by atoms with Crippen LogP contribution in [0.5, 0.6) is 0 Å². The van der Waals surface area contributed by atoms with Crippen LogP contribution in [0.15, 0.2) is 0 Å². The van der Waals surface area contributed by atoms with Gasteiger partial charge >= 0.3 is 0 Å². The van der Waals surface area contributed by atoms with Gasteiger partial charge in [0.1, 0.15) is 5.41 Å². The molecule has 0 bridgehead atoms. The standard InChI is InChI=1S/C20H33NO3/c1-3-5-15-6-9-19(10-7-15)16(22)20(21-17(19)23)13-11-18(24,8-4-2)12-14-20/h15,24H,3-14H2,1-2H3,(H,21,23). The van der Waals surface area contributed by atoms with Gasteiger partial charge in [-0.05, 0) is 63.7 Å². The topological polar surface area (TPSA) is 66.4 Å². The van der Waals surface area contributed by atoms with Crippen molar-refractivity contribution in [3.05, 3.63) is 0 Å². The monoisotopic (exact) mass is 335 g/mol. The van der Waals surface area contributed by atoms with Crippen LogP contribution in [0.25, 0.3) is 0 Å². The molecule has 0 aromatic rings. The van der Waals surface area contributed by atoms with Gasteiger partial charge in [-0.25, -0.2) is 0 Å². The van der Waals surface area contributed by atoms with E-state index in [0.29, 0.717) is 31.6 Å². The summed E-state index contributed by atoms with van der Waals surface area (Å²) < 4.78 is 0. The first kappa shape index (κ1) is 17.9. The Morgan fingerprint density at radius 3 is 2.17 bits per heavy atom. The summed E-state index contributed by atoms with van der Waals surface area (Å²) in [5.74, 6) is 0.802. The van der Waals surface area contributed by atoms with Crippen LogP contribution in [0, 0.1) is 11.3 Å². The van der Waals surface area contributed by atoms with Crippen molar-refractivity contribution in [1.29, 1.82) is 0 Å². The highest BCUT2D eigenvalue weighted by Gasteiger charge is 2.63. The van der Waals surface area contributed by atoms with Crippen LogP contribution in [0.4, 0.5) is 0 Å². The zero-order chi connectivity index (χ0) is 17.4. The first-order chi connectivity index (χ1) is 11.4. The minimum Gasteiger partial charge on any atom is -0.390 e. The number of rotatable bonds is 4. The average molecular weight is 335 g/mol. The van der Waals surface area contributed by atoms with Crippen molar-refractivity contribution < 1.29 is 14.7 Å². The molecular formula is C20H33NO3. The summed E-state index contributed by atoms with van der Waals surface area (Å²) in [4.78, 5) is 26.1. The third kappa shape index (κ3) is 2.81. The molecule has 2 spiro atoms. The first-order valence-electron chi connectivity index (χ1n) is 10.00. The Hall–Kier alpha value is -0.900. The molecule has 1 aliphatic heterocycles. The molecule has 1 heterocycles. The number of carbonyl (C=O) groups is 2. The van der Waals surface area contributed by atoms with Crippen molar-refractivity contribution >= 4 is 11.7 Å². The highest BCUT2D eigenvalue weighted by Crippen LogP contribution is 2.51. The van der Waals surface area contributed by atoms with Gasteiger partial charge in [0.2, 0.25) is 5.91 Å². The van der Waals surface area contributed by atoms with Gasteiger partial charge in [-0.3, -0.25) is 9.59 Å². The predicted molar refractivity (Wildman–Crippen MR) is 93.5 cm³/mol. The molecule has 1 amide bonds. The molecule has 2 saturated carbocycles. The quantitative estimate of drug-likeness (QED) is 0.773. The number of hydrogen-bond acceptors (Lipinski definition) is 3. The average Bonchev–Trinajstić information content (AvgIpc) is 2.76. The van der Waals surface area contributed by atoms with Crippen LogP contribution in [0.1, 0.15) is 90.9 Å². The van der Waals surface area contributed by atoms with E-state index in [0.717, 1.165) is 38.5 Å². The van der Waals surface area contributed by atoms with Gasteiger partial charge in [0.25, 0.3) is 0 Å². The normalized spacial score (nSPS) is 42.7. The maximum absolute atomic E-state index is 13.3. The minimum absolute atomic E-state index is 0.0246. The minimum atomic E-state index is -0.759. The Morgan fingerprint density at radius 2 is 1.62 bits per heavy atom. The Bertz CT molecular complexity index is 497. The lowest BCUT2D eigenvalue weighted by Gasteiger charge is -2.42. The van der Waals surface area contributed by atoms with E-state index in [2.05, 4.69) is 19.2 Å². The summed E-state index contributed by atoms with van der Waals surface area (Å²) in [6.07, 6.45) is 10.0. The fourth-order valence-electron chi connectivity index (χ4n) is 5.49. The van der Waals surface area contributed by atoms with E-state index in [1.54, 1.807) is 0 Å². The summed E-state index contributed by atoms with van der Waals surface area (Å²) >= 11 is 0. The molecule has 136 valence electrons. The molecule has 24 heavy (non-hydrogen) atoms. The van der Waals surface area contributed by atoms with Crippen LogP contribution < -0.4 is 5.32 Å². The predicted octanol–water partition coefficient (Wildman–Crippen LogP) is 3.51. The molecular weight excluding hydrogens is 302 g/mol. The van der Waals surface area contributed by atoms with Crippen LogP contribution in [-0.2, 0) is 9.59 Å². The largest absolute Gasteiger partial charge is 0.390 e. The van der Waals surface area contributed by atoms with Gasteiger partial charge in [-0.15, -0.1) is 0 Å². The maximum Gasteiger partial charge on any atom is 0.234 e. The first-order valence-corrected chi connectivity index (χ1v) is 10.00. The molecule has 4 heteroatoms. The third-order valence-corrected chi connectivity index (χ3v) is 7.06. The van der Waals surface area contributed by atoms with Crippen molar-refractivity contribution in [3.63, 3.8) is 0 Å². The molecule has 0 unspecified atom stereocenters. The Kier molecular flexibility index (Phi) is 4.80. The molecule has 2 aliphatic carbocycles. The van der Waals surface area contributed by atoms with Crippen LogP contribution in [-0.4, -0.2) is 27.9 Å². The van der Waals surface area contributed by atoms with E-state index >= 15 is 0 Å². The van der Waals surface area contributed by atoms with E-state index in [1.807, 2.05) is 0 Å². The van der Waals surface area contributed by atoms with Gasteiger partial charge in [0.15, 0.2) is 5.78 Å². The molecule has 0 aromatic heterocycles. The van der Waals surface area contributed by atoms with Crippen molar-refractivity contribution in [2.75, 3.05) is 0 Å². The molecule has 3 fully saturated rings. The summed E-state index contributed by atoms with van der Waals surface area (Å²) in [6.45, 7) is 4.28. The summed E-state index contributed by atoms with van der Waals surface area (Å²) in [5.41, 5.74) is -2.08. The second-order valence-corrected chi connectivity index (χ2v) is 8.65. The highest BCUT2D eigenvalue weighted by molar-refractivity contribution is 6.17. The number of carbonyl (C=O) groups excluding carboxylic acids is 2. The fourth-order valence-corrected chi connectivity index (χ4v) is 5.49. The van der Waals surface area contributed by atoms with E-state index in [4.69, 9.17) is 0 Å². The number of Topliss-reactive ketones (excluding diaryl/α,β-unsaturated/α-hetero) is 1. The number of amides is 1. The maximum atomic E-state index is 13.3. The van der Waals surface area contributed by atoms with E-state index in [1.165, 1.54) is 12.8 Å². The molecule has 3 rings (SSSR count). The van der Waals surface area contributed by atoms with Gasteiger partial charge in [0.05, 0.1) is 11.1 Å². The number of hydrogen-bond donors (Lipinski definition) is 2. The number of ketones is 1. The molecule has 0 aromatic carbocycles. The number of nitrogens with one attached hydrogen (secondary N) is 1. The lowest BCUT2D eigenvalue weighted by atomic mass is 9.62. The molecule has 4 nitrogen and oxygen atoms in total. The fraction of sp³-hybridized carbons (Fsp3) is 0.900. The highest BCUT2D eigenvalue weighted by atomic mass is 16.3. The zero-order valence-electron chi connectivity index (χ0n) is 15.3. The molecule has 0 atom stereocenters. The summed E-state index contributed by atoms with van der Waals surface area (Å²) in [6, 6.07) is 0. The second-order valence-electron chi connectivity index (χ2n) is 8.65. The van der Waals surface area contributed by atoms with Crippen molar-refractivity contribution in [3.8, 4) is 0 Å². The van der Waals surface area contributed by atoms with Crippen LogP contribution >= 0.6 is 0 Å². The van der Waals surface area contributed by atoms with Gasteiger partial charge in [-0.2, -0.15) is 0 Å². The lowest BCUT2D eigenvalue weighted by Crippen LogP contribution is -2.53. The zero-order valence-corrected chi connectivity index (χ0v) is 15.3. The van der Waals surface area contributed by atoms with Gasteiger partial charge in [0, 0.05) is 0 Å². The Morgan fingerprint density at radius 1 is 1.00 bits per heavy atom. The lowest BCUT2D eigenvalue weighted by molar-refractivity contribution is -0.140. The van der Waals surface area contributed by atoms with Gasteiger partial charge in [-0.1, -0.05) is 33.1 Å². The molecule has 2 N–H and O–H groups in total. The van der Waals surface area contributed by atoms with Crippen LogP contribution in [0.2, 0.25) is 0 Å². The number of aliphatic hydroxyl groups is 1. The van der Waals surface area contributed by atoms with E-state index in [9.17, 15) is 14.7 Å². The van der Waals surface area contributed by atoms with Crippen molar-refractivity contribution in [2.45, 2.75) is 102 Å². The van der Waals surface area contributed by atoms with E-state index in [-0.39, 0.29) is 11.7 Å². The summed E-state index contributed by atoms with van der Waals surface area (Å²) in [5, 5.41) is 13.7. The SMILES string of the molecule is CCCC1CCC2(CC1)C(=O)NC1(CCC(O)(CCC)CC1)C2=O. The molecule has 0 radical (unpaired) electrons. The van der Waals surface area contributed by atoms with Gasteiger partial charge < -0.3 is 10.4 Å². The Balaban J connectivity index is 1.71. The second kappa shape index (κ2) is 6.44. The molecule has 1 saturated heterocycles.